The van der Waals surface area contributed by atoms with E-state index in [1.165, 1.54) is 22.3 Å². The van der Waals surface area contributed by atoms with Gasteiger partial charge in [0.15, 0.2) is 0 Å². The first-order chi connectivity index (χ1) is 12.3. The smallest absolute Gasteiger partial charge is 0.0644 e. The van der Waals surface area contributed by atoms with Crippen LogP contribution in [0, 0.1) is 0 Å². The van der Waals surface area contributed by atoms with E-state index in [0.29, 0.717) is 13.2 Å². The van der Waals surface area contributed by atoms with Gasteiger partial charge in [-0.1, -0.05) is 72.3 Å². The Labute approximate surface area is 154 Å². The summed E-state index contributed by atoms with van der Waals surface area (Å²) in [5.74, 6) is 0. The quantitative estimate of drug-likeness (QED) is 0.353. The lowest BCUT2D eigenvalue weighted by Gasteiger charge is -2.13. The molecule has 1 nitrogen and oxygen atoms in total. The Morgan fingerprint density at radius 2 is 1.56 bits per heavy atom. The molecule has 0 N–H and O–H groups in total. The van der Waals surface area contributed by atoms with Gasteiger partial charge in [-0.05, 0) is 52.4 Å². The molecule has 0 spiro atoms. The molecule has 3 aromatic carbocycles. The molecule has 2 heteroatoms. The number of rotatable bonds is 7. The molecule has 0 heterocycles. The Kier molecular flexibility index (Phi) is 6.05. The summed E-state index contributed by atoms with van der Waals surface area (Å²) in [4.78, 5) is 0. The zero-order valence-electron chi connectivity index (χ0n) is 14.1. The van der Waals surface area contributed by atoms with Crippen molar-refractivity contribution in [3.63, 3.8) is 0 Å². The SMILES string of the molecule is C=CCOCCc1ccc(-c2ccc(Cl)cc2)cc1-c1ccccc1. The zero-order valence-corrected chi connectivity index (χ0v) is 14.9. The van der Waals surface area contributed by atoms with Gasteiger partial charge >= 0.3 is 0 Å². The van der Waals surface area contributed by atoms with Crippen LogP contribution in [0.2, 0.25) is 5.02 Å². The highest BCUT2D eigenvalue weighted by molar-refractivity contribution is 6.30. The van der Waals surface area contributed by atoms with Crippen LogP contribution in [0.25, 0.3) is 22.3 Å². The maximum absolute atomic E-state index is 6.01. The second-order valence-corrected chi connectivity index (χ2v) is 6.29. The number of ether oxygens (including phenoxy) is 1. The minimum Gasteiger partial charge on any atom is -0.377 e. The minimum absolute atomic E-state index is 0.587. The molecule has 0 saturated carbocycles. The topological polar surface area (TPSA) is 9.23 Å². The molecular weight excluding hydrogens is 328 g/mol. The maximum atomic E-state index is 6.01. The third-order valence-corrected chi connectivity index (χ3v) is 4.38. The van der Waals surface area contributed by atoms with Gasteiger partial charge in [0.2, 0.25) is 0 Å². The van der Waals surface area contributed by atoms with Crippen LogP contribution >= 0.6 is 11.6 Å². The van der Waals surface area contributed by atoms with Crippen molar-refractivity contribution in [2.24, 2.45) is 0 Å². The van der Waals surface area contributed by atoms with Crippen LogP contribution in [0.3, 0.4) is 0 Å². The molecular formula is C23H21ClO. The van der Waals surface area contributed by atoms with Gasteiger partial charge in [-0.15, -0.1) is 6.58 Å². The molecule has 0 aliphatic carbocycles. The molecule has 3 aromatic rings. The number of benzene rings is 3. The van der Waals surface area contributed by atoms with Crippen molar-refractivity contribution in [2.75, 3.05) is 13.2 Å². The summed E-state index contributed by atoms with van der Waals surface area (Å²) in [6, 6.07) is 25.1. The molecule has 0 amide bonds. The third kappa shape index (κ3) is 4.60. The molecule has 126 valence electrons. The van der Waals surface area contributed by atoms with Crippen molar-refractivity contribution in [3.8, 4) is 22.3 Å². The minimum atomic E-state index is 0.587. The van der Waals surface area contributed by atoms with Crippen LogP contribution in [-0.2, 0) is 11.2 Å². The summed E-state index contributed by atoms with van der Waals surface area (Å²) in [5, 5.41) is 0.753. The summed E-state index contributed by atoms with van der Waals surface area (Å²) in [7, 11) is 0. The summed E-state index contributed by atoms with van der Waals surface area (Å²) in [6.07, 6.45) is 2.65. The van der Waals surface area contributed by atoms with Gasteiger partial charge in [0.25, 0.3) is 0 Å². The van der Waals surface area contributed by atoms with E-state index >= 15 is 0 Å². The zero-order chi connectivity index (χ0) is 17.5. The van der Waals surface area contributed by atoms with Crippen molar-refractivity contribution in [3.05, 3.63) is 96.0 Å². The second-order valence-electron chi connectivity index (χ2n) is 5.86. The summed E-state index contributed by atoms with van der Waals surface area (Å²) in [5.41, 5.74) is 6.10. The maximum Gasteiger partial charge on any atom is 0.0644 e. The van der Waals surface area contributed by atoms with E-state index in [0.717, 1.165) is 17.0 Å². The monoisotopic (exact) mass is 348 g/mol. The first kappa shape index (κ1) is 17.5. The Morgan fingerprint density at radius 3 is 2.28 bits per heavy atom. The standard InChI is InChI=1S/C23H21ClO/c1-2-15-25-16-14-20-8-9-21(18-10-12-22(24)13-11-18)17-23(20)19-6-4-3-5-7-19/h2-13,17H,1,14-16H2. The molecule has 25 heavy (non-hydrogen) atoms. The van der Waals surface area contributed by atoms with Gasteiger partial charge in [0.1, 0.15) is 0 Å². The van der Waals surface area contributed by atoms with Gasteiger partial charge in [-0.25, -0.2) is 0 Å². The molecule has 0 saturated heterocycles. The molecule has 0 aliphatic heterocycles. The lowest BCUT2D eigenvalue weighted by molar-refractivity contribution is 0.166. The van der Waals surface area contributed by atoms with E-state index in [1.807, 2.05) is 18.2 Å². The molecule has 0 aliphatic rings. The molecule has 0 unspecified atom stereocenters. The van der Waals surface area contributed by atoms with Crippen LogP contribution in [-0.4, -0.2) is 13.2 Å². The van der Waals surface area contributed by atoms with E-state index in [1.54, 1.807) is 6.08 Å². The summed E-state index contributed by atoms with van der Waals surface area (Å²) in [6.45, 7) is 4.96. The first-order valence-corrected chi connectivity index (χ1v) is 8.78. The Morgan fingerprint density at radius 1 is 0.840 bits per heavy atom. The van der Waals surface area contributed by atoms with E-state index in [9.17, 15) is 0 Å². The lowest BCUT2D eigenvalue weighted by atomic mass is 9.93. The predicted octanol–water partition coefficient (Wildman–Crippen LogP) is 6.42. The summed E-state index contributed by atoms with van der Waals surface area (Å²) < 4.78 is 5.57. The van der Waals surface area contributed by atoms with Crippen LogP contribution in [0.15, 0.2) is 85.5 Å². The summed E-state index contributed by atoms with van der Waals surface area (Å²) >= 11 is 6.01. The number of hydrogen-bond acceptors (Lipinski definition) is 1. The average molecular weight is 349 g/mol. The van der Waals surface area contributed by atoms with Crippen LogP contribution < -0.4 is 0 Å². The molecule has 0 fully saturated rings. The lowest BCUT2D eigenvalue weighted by Crippen LogP contribution is -2.00. The molecule has 3 rings (SSSR count). The normalized spacial score (nSPS) is 10.6. The first-order valence-electron chi connectivity index (χ1n) is 8.41. The van der Waals surface area contributed by atoms with Gasteiger partial charge in [-0.3, -0.25) is 0 Å². The fourth-order valence-electron chi connectivity index (χ4n) is 2.85. The predicted molar refractivity (Wildman–Crippen MR) is 107 cm³/mol. The molecule has 0 radical (unpaired) electrons. The van der Waals surface area contributed by atoms with Crippen molar-refractivity contribution < 1.29 is 4.74 Å². The average Bonchev–Trinajstić information content (AvgIpc) is 2.67. The van der Waals surface area contributed by atoms with Crippen LogP contribution in [0.1, 0.15) is 5.56 Å². The Balaban J connectivity index is 1.95. The van der Waals surface area contributed by atoms with E-state index in [2.05, 4.69) is 61.2 Å². The highest BCUT2D eigenvalue weighted by atomic mass is 35.5. The third-order valence-electron chi connectivity index (χ3n) is 4.12. The highest BCUT2D eigenvalue weighted by Gasteiger charge is 2.08. The van der Waals surface area contributed by atoms with Gasteiger partial charge in [0.05, 0.1) is 13.2 Å². The largest absolute Gasteiger partial charge is 0.377 e. The van der Waals surface area contributed by atoms with Crippen molar-refractivity contribution in [1.29, 1.82) is 0 Å². The van der Waals surface area contributed by atoms with Gasteiger partial charge in [0, 0.05) is 5.02 Å². The molecule has 0 atom stereocenters. The Bertz CT molecular complexity index is 822. The van der Waals surface area contributed by atoms with Crippen molar-refractivity contribution in [1.82, 2.24) is 0 Å². The Hall–Kier alpha value is -2.35. The van der Waals surface area contributed by atoms with Crippen molar-refractivity contribution in [2.45, 2.75) is 6.42 Å². The second kappa shape index (κ2) is 8.66. The number of hydrogen-bond donors (Lipinski definition) is 0. The van der Waals surface area contributed by atoms with E-state index in [-0.39, 0.29) is 0 Å². The van der Waals surface area contributed by atoms with Crippen LogP contribution in [0.4, 0.5) is 0 Å². The van der Waals surface area contributed by atoms with E-state index < -0.39 is 0 Å². The fraction of sp³-hybridized carbons (Fsp3) is 0.130. The number of halogens is 1. The van der Waals surface area contributed by atoms with Crippen LogP contribution in [0.5, 0.6) is 0 Å². The molecule has 0 bridgehead atoms. The van der Waals surface area contributed by atoms with Gasteiger partial charge < -0.3 is 4.74 Å². The van der Waals surface area contributed by atoms with Crippen molar-refractivity contribution >= 4 is 11.6 Å². The highest BCUT2D eigenvalue weighted by Crippen LogP contribution is 2.30. The molecule has 0 aromatic heterocycles. The fourth-order valence-corrected chi connectivity index (χ4v) is 2.98. The van der Waals surface area contributed by atoms with E-state index in [4.69, 9.17) is 16.3 Å². The van der Waals surface area contributed by atoms with Gasteiger partial charge in [-0.2, -0.15) is 0 Å².